The highest BCUT2D eigenvalue weighted by atomic mass is 16.1. The maximum atomic E-state index is 12.5. The van der Waals surface area contributed by atoms with Gasteiger partial charge in [-0.1, -0.05) is 48.0 Å². The lowest BCUT2D eigenvalue weighted by atomic mass is 10.1. The number of rotatable bonds is 6. The minimum Gasteiger partial charge on any atom is -0.347 e. The maximum absolute atomic E-state index is 12.5. The third-order valence-electron chi connectivity index (χ3n) is 4.07. The number of anilines is 2. The first-order valence-electron chi connectivity index (χ1n) is 8.66. The molecule has 132 valence electrons. The van der Waals surface area contributed by atoms with Gasteiger partial charge in [-0.15, -0.1) is 0 Å². The van der Waals surface area contributed by atoms with Gasteiger partial charge in [-0.2, -0.15) is 0 Å². The van der Waals surface area contributed by atoms with E-state index >= 15 is 0 Å². The number of amides is 1. The van der Waals surface area contributed by atoms with Crippen LogP contribution in [0.2, 0.25) is 0 Å². The Morgan fingerprint density at radius 2 is 1.77 bits per heavy atom. The summed E-state index contributed by atoms with van der Waals surface area (Å²) in [6, 6.07) is 19.6. The fourth-order valence-corrected chi connectivity index (χ4v) is 2.63. The first-order valence-corrected chi connectivity index (χ1v) is 8.66. The summed E-state index contributed by atoms with van der Waals surface area (Å²) in [6.45, 7) is 5.24. The van der Waals surface area contributed by atoms with Crippen LogP contribution in [0.15, 0.2) is 66.9 Å². The summed E-state index contributed by atoms with van der Waals surface area (Å²) in [5.41, 5.74) is 3.60. The van der Waals surface area contributed by atoms with Gasteiger partial charge in [0.2, 0.25) is 5.95 Å². The number of nitrogens with one attached hydrogen (secondary N) is 1. The van der Waals surface area contributed by atoms with Gasteiger partial charge in [-0.25, -0.2) is 9.97 Å². The normalized spacial score (nSPS) is 10.4. The van der Waals surface area contributed by atoms with E-state index in [9.17, 15) is 4.79 Å². The van der Waals surface area contributed by atoms with E-state index < -0.39 is 0 Å². The molecule has 1 amide bonds. The number of carbonyl (C=O) groups is 1. The second kappa shape index (κ2) is 8.25. The maximum Gasteiger partial charge on any atom is 0.270 e. The standard InChI is InChI=1S/C21H22N4O/c1-3-25(18-7-5-4-6-8-18)21-22-14-13-19(24-21)20(26)23-15-17-11-9-16(2)10-12-17/h4-14H,3,15H2,1-2H3,(H,23,26). The molecule has 0 atom stereocenters. The fourth-order valence-electron chi connectivity index (χ4n) is 2.63. The Morgan fingerprint density at radius 3 is 2.46 bits per heavy atom. The predicted octanol–water partition coefficient (Wildman–Crippen LogP) is 3.87. The molecule has 5 nitrogen and oxygen atoms in total. The molecule has 3 aromatic rings. The Balaban J connectivity index is 1.73. The van der Waals surface area contributed by atoms with Gasteiger partial charge >= 0.3 is 0 Å². The van der Waals surface area contributed by atoms with Crippen LogP contribution in [0, 0.1) is 6.92 Å². The van der Waals surface area contributed by atoms with Crippen LogP contribution < -0.4 is 10.2 Å². The van der Waals surface area contributed by atoms with Crippen LogP contribution in [0.3, 0.4) is 0 Å². The summed E-state index contributed by atoms with van der Waals surface area (Å²) in [4.78, 5) is 23.2. The van der Waals surface area contributed by atoms with Crippen molar-refractivity contribution in [3.8, 4) is 0 Å². The van der Waals surface area contributed by atoms with Crippen molar-refractivity contribution in [2.45, 2.75) is 20.4 Å². The van der Waals surface area contributed by atoms with E-state index in [1.165, 1.54) is 5.56 Å². The number of carbonyl (C=O) groups excluding carboxylic acids is 1. The van der Waals surface area contributed by atoms with E-state index in [0.717, 1.165) is 11.3 Å². The zero-order valence-electron chi connectivity index (χ0n) is 15.0. The number of benzene rings is 2. The second-order valence-electron chi connectivity index (χ2n) is 5.99. The molecule has 26 heavy (non-hydrogen) atoms. The van der Waals surface area contributed by atoms with Crippen molar-refractivity contribution in [1.29, 1.82) is 0 Å². The first-order chi connectivity index (χ1) is 12.7. The van der Waals surface area contributed by atoms with E-state index in [-0.39, 0.29) is 5.91 Å². The molecule has 0 aliphatic rings. The summed E-state index contributed by atoms with van der Waals surface area (Å²) in [6.07, 6.45) is 1.62. The zero-order chi connectivity index (χ0) is 18.4. The molecule has 0 aliphatic carbocycles. The van der Waals surface area contributed by atoms with Crippen molar-refractivity contribution >= 4 is 17.5 Å². The monoisotopic (exact) mass is 346 g/mol. The summed E-state index contributed by atoms with van der Waals surface area (Å²) < 4.78 is 0. The van der Waals surface area contributed by atoms with Gasteiger partial charge in [0.1, 0.15) is 5.69 Å². The molecule has 1 N–H and O–H groups in total. The van der Waals surface area contributed by atoms with Crippen molar-refractivity contribution in [3.63, 3.8) is 0 Å². The van der Waals surface area contributed by atoms with Crippen LogP contribution >= 0.6 is 0 Å². The fraction of sp³-hybridized carbons (Fsp3) is 0.190. The summed E-state index contributed by atoms with van der Waals surface area (Å²) in [7, 11) is 0. The Morgan fingerprint density at radius 1 is 1.04 bits per heavy atom. The summed E-state index contributed by atoms with van der Waals surface area (Å²) in [5, 5.41) is 2.91. The SMILES string of the molecule is CCN(c1ccccc1)c1nccc(C(=O)NCc2ccc(C)cc2)n1. The van der Waals surface area contributed by atoms with Gasteiger partial charge in [-0.3, -0.25) is 4.79 Å². The number of aromatic nitrogens is 2. The molecule has 0 fully saturated rings. The van der Waals surface area contributed by atoms with Crippen LogP contribution in [-0.2, 0) is 6.54 Å². The van der Waals surface area contributed by atoms with E-state index in [1.54, 1.807) is 12.3 Å². The Labute approximate surface area is 153 Å². The quantitative estimate of drug-likeness (QED) is 0.736. The van der Waals surface area contributed by atoms with Crippen molar-refractivity contribution in [2.24, 2.45) is 0 Å². The molecule has 0 radical (unpaired) electrons. The van der Waals surface area contributed by atoms with E-state index in [0.29, 0.717) is 24.7 Å². The average molecular weight is 346 g/mol. The van der Waals surface area contributed by atoms with E-state index in [1.807, 2.05) is 73.3 Å². The van der Waals surface area contributed by atoms with Crippen LogP contribution in [0.5, 0.6) is 0 Å². The van der Waals surface area contributed by atoms with Crippen molar-refractivity contribution in [1.82, 2.24) is 15.3 Å². The number of para-hydroxylation sites is 1. The third-order valence-corrected chi connectivity index (χ3v) is 4.07. The number of hydrogen-bond acceptors (Lipinski definition) is 4. The lowest BCUT2D eigenvalue weighted by molar-refractivity contribution is 0.0946. The molecule has 1 aromatic heterocycles. The molecule has 0 bridgehead atoms. The smallest absolute Gasteiger partial charge is 0.270 e. The van der Waals surface area contributed by atoms with Crippen LogP contribution in [0.4, 0.5) is 11.6 Å². The average Bonchev–Trinajstić information content (AvgIpc) is 2.69. The lowest BCUT2D eigenvalue weighted by Crippen LogP contribution is -2.25. The Bertz CT molecular complexity index is 863. The highest BCUT2D eigenvalue weighted by Gasteiger charge is 2.13. The molecule has 0 saturated heterocycles. The lowest BCUT2D eigenvalue weighted by Gasteiger charge is -2.21. The van der Waals surface area contributed by atoms with Gasteiger partial charge in [-0.05, 0) is 37.6 Å². The van der Waals surface area contributed by atoms with Gasteiger partial charge in [0.15, 0.2) is 0 Å². The molecule has 5 heteroatoms. The molecule has 1 heterocycles. The molecule has 0 saturated carbocycles. The topological polar surface area (TPSA) is 58.1 Å². The highest BCUT2D eigenvalue weighted by Crippen LogP contribution is 2.21. The largest absolute Gasteiger partial charge is 0.347 e. The van der Waals surface area contributed by atoms with Gasteiger partial charge in [0.05, 0.1) is 0 Å². The minimum absolute atomic E-state index is 0.210. The second-order valence-corrected chi connectivity index (χ2v) is 5.99. The molecule has 0 aliphatic heterocycles. The van der Waals surface area contributed by atoms with Crippen molar-refractivity contribution in [3.05, 3.63) is 83.7 Å². The zero-order valence-corrected chi connectivity index (χ0v) is 15.0. The van der Waals surface area contributed by atoms with Gasteiger partial charge in [0.25, 0.3) is 5.91 Å². The molecule has 0 unspecified atom stereocenters. The van der Waals surface area contributed by atoms with E-state index in [4.69, 9.17) is 0 Å². The van der Waals surface area contributed by atoms with Gasteiger partial charge < -0.3 is 10.2 Å². The van der Waals surface area contributed by atoms with Gasteiger partial charge in [0, 0.05) is 25.0 Å². The van der Waals surface area contributed by atoms with Crippen LogP contribution in [0.25, 0.3) is 0 Å². The van der Waals surface area contributed by atoms with Crippen molar-refractivity contribution < 1.29 is 4.79 Å². The van der Waals surface area contributed by atoms with Crippen LogP contribution in [0.1, 0.15) is 28.5 Å². The minimum atomic E-state index is -0.210. The highest BCUT2D eigenvalue weighted by molar-refractivity contribution is 5.92. The van der Waals surface area contributed by atoms with E-state index in [2.05, 4.69) is 15.3 Å². The Kier molecular flexibility index (Phi) is 5.59. The Hall–Kier alpha value is -3.21. The summed E-state index contributed by atoms with van der Waals surface area (Å²) >= 11 is 0. The number of aryl methyl sites for hydroxylation is 1. The molecular weight excluding hydrogens is 324 g/mol. The number of hydrogen-bond donors (Lipinski definition) is 1. The van der Waals surface area contributed by atoms with Crippen molar-refractivity contribution in [2.75, 3.05) is 11.4 Å². The van der Waals surface area contributed by atoms with Crippen LogP contribution in [-0.4, -0.2) is 22.4 Å². The molecular formula is C21H22N4O. The predicted molar refractivity (Wildman–Crippen MR) is 104 cm³/mol. The third kappa shape index (κ3) is 4.25. The first kappa shape index (κ1) is 17.6. The molecule has 3 rings (SSSR count). The molecule has 2 aromatic carbocycles. The molecule has 0 spiro atoms. The summed E-state index contributed by atoms with van der Waals surface area (Å²) in [5.74, 6) is 0.306. The number of nitrogens with zero attached hydrogens (tertiary/aromatic N) is 3.